The molecule has 0 fully saturated rings. The van der Waals surface area contributed by atoms with Gasteiger partial charge in [0.1, 0.15) is 12.1 Å². The number of rotatable bonds is 3. The Morgan fingerprint density at radius 2 is 2.33 bits per heavy atom. The van der Waals surface area contributed by atoms with Crippen molar-refractivity contribution in [3.8, 4) is 5.69 Å². The van der Waals surface area contributed by atoms with Crippen LogP contribution in [0.15, 0.2) is 24.5 Å². The summed E-state index contributed by atoms with van der Waals surface area (Å²) in [6.07, 6.45) is 1.30. The van der Waals surface area contributed by atoms with E-state index in [1.165, 1.54) is 23.1 Å². The highest BCUT2D eigenvalue weighted by molar-refractivity contribution is 6.30. The van der Waals surface area contributed by atoms with Crippen molar-refractivity contribution in [1.29, 1.82) is 0 Å². The molecule has 8 heteroatoms. The first-order chi connectivity index (χ1) is 8.58. The average Bonchev–Trinajstić information content (AvgIpc) is 2.78. The summed E-state index contributed by atoms with van der Waals surface area (Å²) in [5.74, 6) is -0.131. The smallest absolute Gasteiger partial charge is 0.312 e. The molecule has 94 valence electrons. The Kier molecular flexibility index (Phi) is 3.42. The van der Waals surface area contributed by atoms with Crippen molar-refractivity contribution in [3.05, 3.63) is 41.2 Å². The average molecular weight is 270 g/mol. The van der Waals surface area contributed by atoms with Crippen molar-refractivity contribution >= 4 is 17.6 Å². The predicted octanol–water partition coefficient (Wildman–Crippen LogP) is 1.23. The van der Waals surface area contributed by atoms with Crippen LogP contribution in [0.1, 0.15) is 5.82 Å². The van der Waals surface area contributed by atoms with Crippen LogP contribution in [0.5, 0.6) is 0 Å². The molecule has 0 aliphatic rings. The minimum absolute atomic E-state index is 0.0238. The lowest BCUT2D eigenvalue weighted by atomic mass is 10.3. The molecule has 1 aromatic carbocycles. The molecule has 18 heavy (non-hydrogen) atoms. The first-order valence-electron chi connectivity index (χ1n) is 4.95. The van der Waals surface area contributed by atoms with Gasteiger partial charge in [0.15, 0.2) is 5.82 Å². The predicted molar refractivity (Wildman–Crippen MR) is 62.8 cm³/mol. The second kappa shape index (κ2) is 5.01. The minimum Gasteiger partial charge on any atom is -0.352 e. The molecule has 0 bridgehead atoms. The standard InChI is InChI=1S/C10H9ClFN5O/c11-7-2-1-6(3-8(7)12)17-9(15-5-16-17)4-14-10(13)18/h1-3,5H,4H2,(H3,13,14,18). The second-order valence-electron chi connectivity index (χ2n) is 3.40. The fourth-order valence-electron chi connectivity index (χ4n) is 1.38. The van der Waals surface area contributed by atoms with E-state index in [0.717, 1.165) is 0 Å². The van der Waals surface area contributed by atoms with Crippen LogP contribution < -0.4 is 11.1 Å². The van der Waals surface area contributed by atoms with Crippen LogP contribution in [0.25, 0.3) is 5.69 Å². The summed E-state index contributed by atoms with van der Waals surface area (Å²) in [5, 5.41) is 6.34. The maximum absolute atomic E-state index is 13.3. The van der Waals surface area contributed by atoms with E-state index in [4.69, 9.17) is 17.3 Å². The van der Waals surface area contributed by atoms with Crippen molar-refractivity contribution in [2.75, 3.05) is 0 Å². The third-order valence-electron chi connectivity index (χ3n) is 2.19. The van der Waals surface area contributed by atoms with E-state index in [1.54, 1.807) is 6.07 Å². The van der Waals surface area contributed by atoms with Crippen molar-refractivity contribution in [1.82, 2.24) is 20.1 Å². The summed E-state index contributed by atoms with van der Waals surface area (Å²) in [6.45, 7) is 0.0968. The Morgan fingerprint density at radius 3 is 3.00 bits per heavy atom. The third kappa shape index (κ3) is 2.57. The number of nitrogens with zero attached hydrogens (tertiary/aromatic N) is 3. The highest BCUT2D eigenvalue weighted by Gasteiger charge is 2.09. The van der Waals surface area contributed by atoms with Gasteiger partial charge in [0.05, 0.1) is 17.3 Å². The van der Waals surface area contributed by atoms with E-state index in [-0.39, 0.29) is 11.6 Å². The molecule has 2 rings (SSSR count). The monoisotopic (exact) mass is 269 g/mol. The number of hydrogen-bond donors (Lipinski definition) is 2. The molecule has 0 aliphatic carbocycles. The van der Waals surface area contributed by atoms with Gasteiger partial charge >= 0.3 is 6.03 Å². The van der Waals surface area contributed by atoms with Gasteiger partial charge in [-0.3, -0.25) is 0 Å². The Morgan fingerprint density at radius 1 is 1.56 bits per heavy atom. The first-order valence-corrected chi connectivity index (χ1v) is 5.33. The van der Waals surface area contributed by atoms with Gasteiger partial charge in [-0.25, -0.2) is 18.9 Å². The molecule has 0 atom stereocenters. The van der Waals surface area contributed by atoms with Gasteiger partial charge in [-0.15, -0.1) is 0 Å². The van der Waals surface area contributed by atoms with Gasteiger partial charge in [0, 0.05) is 6.07 Å². The van der Waals surface area contributed by atoms with Crippen molar-refractivity contribution in [2.24, 2.45) is 5.73 Å². The van der Waals surface area contributed by atoms with Crippen LogP contribution >= 0.6 is 11.6 Å². The van der Waals surface area contributed by atoms with E-state index < -0.39 is 11.8 Å². The Hall–Kier alpha value is -2.15. The lowest BCUT2D eigenvalue weighted by Crippen LogP contribution is -2.29. The second-order valence-corrected chi connectivity index (χ2v) is 3.81. The molecule has 2 amide bonds. The lowest BCUT2D eigenvalue weighted by molar-refractivity contribution is 0.248. The van der Waals surface area contributed by atoms with E-state index >= 15 is 0 Å². The van der Waals surface area contributed by atoms with E-state index in [2.05, 4.69) is 15.4 Å². The zero-order valence-electron chi connectivity index (χ0n) is 9.10. The molecule has 0 spiro atoms. The maximum Gasteiger partial charge on any atom is 0.312 e. The van der Waals surface area contributed by atoms with Crippen LogP contribution in [0.4, 0.5) is 9.18 Å². The molecule has 0 saturated heterocycles. The number of aromatic nitrogens is 3. The summed E-state index contributed by atoms with van der Waals surface area (Å²) in [6, 6.07) is 3.56. The molecule has 2 aromatic rings. The zero-order chi connectivity index (χ0) is 13.1. The van der Waals surface area contributed by atoms with Gasteiger partial charge in [0.2, 0.25) is 0 Å². The first kappa shape index (κ1) is 12.3. The molecular formula is C10H9ClFN5O. The van der Waals surface area contributed by atoms with Crippen LogP contribution in [-0.2, 0) is 6.54 Å². The highest BCUT2D eigenvalue weighted by Crippen LogP contribution is 2.18. The number of benzene rings is 1. The molecule has 0 unspecified atom stereocenters. The van der Waals surface area contributed by atoms with E-state index in [9.17, 15) is 9.18 Å². The fraction of sp³-hybridized carbons (Fsp3) is 0.100. The lowest BCUT2D eigenvalue weighted by Gasteiger charge is -2.06. The largest absolute Gasteiger partial charge is 0.352 e. The number of primary amides is 1. The summed E-state index contributed by atoms with van der Waals surface area (Å²) in [4.78, 5) is 14.6. The van der Waals surface area contributed by atoms with Crippen LogP contribution in [-0.4, -0.2) is 20.8 Å². The number of carbonyl (C=O) groups is 1. The zero-order valence-corrected chi connectivity index (χ0v) is 9.86. The molecule has 1 aromatic heterocycles. The van der Waals surface area contributed by atoms with Crippen LogP contribution in [0, 0.1) is 5.82 Å². The number of nitrogens with one attached hydrogen (secondary N) is 1. The fourth-order valence-corrected chi connectivity index (χ4v) is 1.50. The third-order valence-corrected chi connectivity index (χ3v) is 2.49. The van der Waals surface area contributed by atoms with Crippen molar-refractivity contribution < 1.29 is 9.18 Å². The molecule has 3 N–H and O–H groups in total. The summed E-state index contributed by atoms with van der Waals surface area (Å²) in [7, 11) is 0. The number of nitrogens with two attached hydrogens (primary N) is 1. The van der Waals surface area contributed by atoms with Gasteiger partial charge in [0.25, 0.3) is 0 Å². The number of halogens is 2. The van der Waals surface area contributed by atoms with Gasteiger partial charge in [-0.2, -0.15) is 5.10 Å². The maximum atomic E-state index is 13.3. The molecule has 1 heterocycles. The number of amides is 2. The summed E-state index contributed by atoms with van der Waals surface area (Å²) in [5.41, 5.74) is 5.41. The Labute approximate surface area is 107 Å². The molecular weight excluding hydrogens is 261 g/mol. The van der Waals surface area contributed by atoms with E-state index in [0.29, 0.717) is 11.5 Å². The van der Waals surface area contributed by atoms with Crippen LogP contribution in [0.3, 0.4) is 0 Å². The summed E-state index contributed by atoms with van der Waals surface area (Å²) >= 11 is 5.59. The van der Waals surface area contributed by atoms with Crippen LogP contribution in [0.2, 0.25) is 5.02 Å². The van der Waals surface area contributed by atoms with Gasteiger partial charge in [-0.05, 0) is 12.1 Å². The number of hydrogen-bond acceptors (Lipinski definition) is 3. The molecule has 6 nitrogen and oxygen atoms in total. The van der Waals surface area contributed by atoms with Gasteiger partial charge in [-0.1, -0.05) is 11.6 Å². The quantitative estimate of drug-likeness (QED) is 0.879. The SMILES string of the molecule is NC(=O)NCc1ncnn1-c1ccc(Cl)c(F)c1. The Balaban J connectivity index is 2.30. The minimum atomic E-state index is -0.674. The summed E-state index contributed by atoms with van der Waals surface area (Å²) < 4.78 is 14.7. The Bertz CT molecular complexity index is 585. The molecule has 0 aliphatic heterocycles. The molecule has 0 radical (unpaired) electrons. The van der Waals surface area contributed by atoms with Crippen molar-refractivity contribution in [3.63, 3.8) is 0 Å². The number of urea groups is 1. The van der Waals surface area contributed by atoms with Gasteiger partial charge < -0.3 is 11.1 Å². The van der Waals surface area contributed by atoms with E-state index in [1.807, 2.05) is 0 Å². The normalized spacial score (nSPS) is 10.3. The number of carbonyl (C=O) groups excluding carboxylic acids is 1. The topological polar surface area (TPSA) is 85.8 Å². The highest BCUT2D eigenvalue weighted by atomic mass is 35.5. The van der Waals surface area contributed by atoms with Crippen molar-refractivity contribution in [2.45, 2.75) is 6.54 Å². The molecule has 0 saturated carbocycles.